The van der Waals surface area contributed by atoms with E-state index >= 15 is 0 Å². The summed E-state index contributed by atoms with van der Waals surface area (Å²) in [6, 6.07) is 13.6. The maximum Gasteiger partial charge on any atom is 0.149 e. The predicted molar refractivity (Wildman–Crippen MR) is 87.1 cm³/mol. The third-order valence-corrected chi connectivity index (χ3v) is 4.47. The van der Waals surface area contributed by atoms with Crippen molar-refractivity contribution in [1.82, 2.24) is 5.32 Å². The van der Waals surface area contributed by atoms with E-state index in [4.69, 9.17) is 11.6 Å². The first-order valence-electron chi connectivity index (χ1n) is 6.76. The van der Waals surface area contributed by atoms with Crippen LogP contribution in [0.25, 0.3) is 0 Å². The van der Waals surface area contributed by atoms with E-state index in [0.29, 0.717) is 5.56 Å². The summed E-state index contributed by atoms with van der Waals surface area (Å²) >= 11 is 5.75. The second kappa shape index (κ2) is 7.22. The van der Waals surface area contributed by atoms with Crippen LogP contribution in [0.3, 0.4) is 0 Å². The van der Waals surface area contributed by atoms with Gasteiger partial charge in [0.25, 0.3) is 0 Å². The molecule has 0 heterocycles. The Balaban J connectivity index is 2.18. The van der Waals surface area contributed by atoms with Crippen LogP contribution < -0.4 is 5.32 Å². The van der Waals surface area contributed by atoms with Crippen LogP contribution in [0.15, 0.2) is 48.5 Å². The highest BCUT2D eigenvalue weighted by Gasteiger charge is 2.17. The van der Waals surface area contributed by atoms with Gasteiger partial charge in [-0.25, -0.2) is 12.8 Å². The van der Waals surface area contributed by atoms with Crippen molar-refractivity contribution in [2.75, 3.05) is 12.0 Å². The average Bonchev–Trinajstić information content (AvgIpc) is 2.47. The van der Waals surface area contributed by atoms with Crippen molar-refractivity contribution in [3.8, 4) is 0 Å². The Kier molecular flexibility index (Phi) is 5.56. The van der Waals surface area contributed by atoms with Gasteiger partial charge in [-0.1, -0.05) is 54.1 Å². The summed E-state index contributed by atoms with van der Waals surface area (Å²) in [6.45, 7) is 0.196. The van der Waals surface area contributed by atoms with Gasteiger partial charge in [0.1, 0.15) is 15.7 Å². The van der Waals surface area contributed by atoms with Crippen molar-refractivity contribution in [2.45, 2.75) is 12.6 Å². The largest absolute Gasteiger partial charge is 0.305 e. The predicted octanol–water partition coefficient (Wildman–Crippen LogP) is 3.35. The van der Waals surface area contributed by atoms with E-state index in [0.717, 1.165) is 5.56 Å². The van der Waals surface area contributed by atoms with Gasteiger partial charge in [-0.15, -0.1) is 0 Å². The molecule has 2 aromatic carbocycles. The first-order chi connectivity index (χ1) is 10.4. The summed E-state index contributed by atoms with van der Waals surface area (Å²) in [5.74, 6) is -0.540. The Morgan fingerprint density at radius 2 is 1.82 bits per heavy atom. The molecule has 6 heteroatoms. The van der Waals surface area contributed by atoms with E-state index in [2.05, 4.69) is 5.32 Å². The highest BCUT2D eigenvalue weighted by atomic mass is 35.5. The molecule has 0 amide bonds. The van der Waals surface area contributed by atoms with Gasteiger partial charge in [0.05, 0.1) is 10.8 Å². The van der Waals surface area contributed by atoms with E-state index in [1.54, 1.807) is 12.1 Å². The van der Waals surface area contributed by atoms with Gasteiger partial charge in [0.2, 0.25) is 0 Å². The second-order valence-corrected chi connectivity index (χ2v) is 7.74. The van der Waals surface area contributed by atoms with E-state index in [9.17, 15) is 12.8 Å². The first-order valence-corrected chi connectivity index (χ1v) is 9.19. The van der Waals surface area contributed by atoms with Crippen LogP contribution in [0.4, 0.5) is 4.39 Å². The van der Waals surface area contributed by atoms with Crippen molar-refractivity contribution in [1.29, 1.82) is 0 Å². The molecule has 1 atom stereocenters. The molecule has 0 saturated carbocycles. The summed E-state index contributed by atoms with van der Waals surface area (Å²) in [5.41, 5.74) is 1.25. The molecule has 0 spiro atoms. The number of benzene rings is 2. The molecule has 118 valence electrons. The minimum Gasteiger partial charge on any atom is -0.305 e. The van der Waals surface area contributed by atoms with Gasteiger partial charge in [-0.3, -0.25) is 0 Å². The molecule has 22 heavy (non-hydrogen) atoms. The smallest absolute Gasteiger partial charge is 0.149 e. The lowest BCUT2D eigenvalue weighted by atomic mass is 10.1. The number of sulfone groups is 1. The fraction of sp³-hybridized carbons (Fsp3) is 0.250. The van der Waals surface area contributed by atoms with Gasteiger partial charge in [-0.05, 0) is 11.6 Å². The summed E-state index contributed by atoms with van der Waals surface area (Å²) in [6.07, 6.45) is 1.19. The molecule has 1 N–H and O–H groups in total. The zero-order valence-electron chi connectivity index (χ0n) is 12.1. The molecule has 2 rings (SSSR count). The van der Waals surface area contributed by atoms with Crippen molar-refractivity contribution in [3.63, 3.8) is 0 Å². The normalized spacial score (nSPS) is 13.0. The Bertz CT molecular complexity index is 735. The van der Waals surface area contributed by atoms with Crippen LogP contribution in [-0.4, -0.2) is 20.4 Å². The van der Waals surface area contributed by atoms with Crippen LogP contribution in [0, 0.1) is 5.82 Å². The lowest BCUT2D eigenvalue weighted by Crippen LogP contribution is -2.27. The molecule has 0 saturated heterocycles. The Morgan fingerprint density at radius 1 is 1.14 bits per heavy atom. The Morgan fingerprint density at radius 3 is 2.45 bits per heavy atom. The van der Waals surface area contributed by atoms with Crippen LogP contribution >= 0.6 is 11.6 Å². The number of hydrogen-bond donors (Lipinski definition) is 1. The molecule has 1 unspecified atom stereocenters. The number of nitrogens with one attached hydrogen (secondary N) is 1. The molecule has 0 aliphatic heterocycles. The molecule has 0 fully saturated rings. The van der Waals surface area contributed by atoms with Gasteiger partial charge in [-0.2, -0.15) is 0 Å². The van der Waals surface area contributed by atoms with Crippen LogP contribution in [-0.2, 0) is 16.4 Å². The van der Waals surface area contributed by atoms with E-state index < -0.39 is 21.7 Å². The Hall–Kier alpha value is -1.43. The molecule has 0 radical (unpaired) electrons. The SMILES string of the molecule is CS(=O)(=O)CC(NCc1cccc(Cl)c1F)c1ccccc1. The maximum absolute atomic E-state index is 13.9. The minimum absolute atomic E-state index is 0.0543. The third-order valence-electron chi connectivity index (χ3n) is 3.24. The molecular weight excluding hydrogens is 325 g/mol. The standard InChI is InChI=1S/C16H17ClFNO2S/c1-22(20,21)11-15(12-6-3-2-4-7-12)19-10-13-8-5-9-14(17)16(13)18/h2-9,15,19H,10-11H2,1H3. The first kappa shape index (κ1) is 16.9. The van der Waals surface area contributed by atoms with Gasteiger partial charge >= 0.3 is 0 Å². The zero-order chi connectivity index (χ0) is 16.2. The number of hydrogen-bond acceptors (Lipinski definition) is 3. The quantitative estimate of drug-likeness (QED) is 0.876. The summed E-state index contributed by atoms with van der Waals surface area (Å²) in [7, 11) is -3.18. The highest BCUT2D eigenvalue weighted by molar-refractivity contribution is 7.90. The van der Waals surface area contributed by atoms with E-state index in [-0.39, 0.29) is 17.3 Å². The van der Waals surface area contributed by atoms with Gasteiger partial charge in [0, 0.05) is 24.4 Å². The lowest BCUT2D eigenvalue weighted by Gasteiger charge is -2.19. The van der Waals surface area contributed by atoms with E-state index in [1.165, 1.54) is 12.3 Å². The van der Waals surface area contributed by atoms with Crippen molar-refractivity contribution in [2.24, 2.45) is 0 Å². The fourth-order valence-electron chi connectivity index (χ4n) is 2.18. The molecule has 0 aliphatic carbocycles. The monoisotopic (exact) mass is 341 g/mol. The highest BCUT2D eigenvalue weighted by Crippen LogP contribution is 2.20. The van der Waals surface area contributed by atoms with Crippen molar-refractivity contribution >= 4 is 21.4 Å². The van der Waals surface area contributed by atoms with Gasteiger partial charge in [0.15, 0.2) is 0 Å². The molecule has 2 aromatic rings. The molecule has 3 nitrogen and oxygen atoms in total. The summed E-state index contributed by atoms with van der Waals surface area (Å²) in [5, 5.41) is 3.15. The van der Waals surface area contributed by atoms with Crippen molar-refractivity contribution < 1.29 is 12.8 Å². The molecule has 0 aliphatic rings. The second-order valence-electron chi connectivity index (χ2n) is 5.15. The lowest BCUT2D eigenvalue weighted by molar-refractivity contribution is 0.534. The van der Waals surface area contributed by atoms with Crippen LogP contribution in [0.2, 0.25) is 5.02 Å². The Labute approximate surface area is 135 Å². The molecule has 0 aromatic heterocycles. The van der Waals surface area contributed by atoms with Crippen LogP contribution in [0.5, 0.6) is 0 Å². The van der Waals surface area contributed by atoms with Crippen molar-refractivity contribution in [3.05, 3.63) is 70.5 Å². The summed E-state index contributed by atoms with van der Waals surface area (Å²) < 4.78 is 37.1. The average molecular weight is 342 g/mol. The molecular formula is C16H17ClFNO2S. The van der Waals surface area contributed by atoms with Crippen LogP contribution in [0.1, 0.15) is 17.2 Å². The summed E-state index contributed by atoms with van der Waals surface area (Å²) in [4.78, 5) is 0. The third kappa shape index (κ3) is 4.80. The zero-order valence-corrected chi connectivity index (χ0v) is 13.7. The van der Waals surface area contributed by atoms with E-state index in [1.807, 2.05) is 30.3 Å². The minimum atomic E-state index is -3.18. The topological polar surface area (TPSA) is 46.2 Å². The number of rotatable bonds is 6. The van der Waals surface area contributed by atoms with Gasteiger partial charge < -0.3 is 5.32 Å². The fourth-order valence-corrected chi connectivity index (χ4v) is 3.29. The molecule has 0 bridgehead atoms. The number of halogens is 2. The maximum atomic E-state index is 13.9.